The molecule has 3 rings (SSSR count). The van der Waals surface area contributed by atoms with E-state index in [9.17, 15) is 10.2 Å². The van der Waals surface area contributed by atoms with Crippen molar-refractivity contribution >= 4 is 8.32 Å². The summed E-state index contributed by atoms with van der Waals surface area (Å²) in [6.07, 6.45) is 5.07. The van der Waals surface area contributed by atoms with Crippen LogP contribution in [0, 0.1) is 0 Å². The molecule has 1 heterocycles. The summed E-state index contributed by atoms with van der Waals surface area (Å²) in [5, 5.41) is 22.4. The summed E-state index contributed by atoms with van der Waals surface area (Å²) in [5.41, 5.74) is 3.30. The van der Waals surface area contributed by atoms with Crippen molar-refractivity contribution in [3.05, 3.63) is 65.7 Å². The molecule has 2 atom stereocenters. The van der Waals surface area contributed by atoms with Gasteiger partial charge in [0.15, 0.2) is 0 Å². The minimum Gasteiger partial charge on any atom is -0.543 e. The van der Waals surface area contributed by atoms with E-state index in [4.69, 9.17) is 4.43 Å². The van der Waals surface area contributed by atoms with E-state index < -0.39 is 20.0 Å². The zero-order valence-corrected chi connectivity index (χ0v) is 26.0. The van der Waals surface area contributed by atoms with Gasteiger partial charge in [0.25, 0.3) is 8.32 Å². The van der Waals surface area contributed by atoms with Crippen LogP contribution < -0.4 is 4.43 Å². The zero-order valence-electron chi connectivity index (χ0n) is 25.0. The number of hydrogen-bond donors (Lipinski definition) is 2. The molecular weight excluding hydrogens is 486 g/mol. The first-order chi connectivity index (χ1) is 18.0. The maximum absolute atomic E-state index is 11.2. The maximum atomic E-state index is 11.2. The average molecular weight is 540 g/mol. The molecule has 0 bridgehead atoms. The summed E-state index contributed by atoms with van der Waals surface area (Å²) in [6.45, 7) is 17.6. The molecule has 0 radical (unpaired) electrons. The van der Waals surface area contributed by atoms with Gasteiger partial charge in [-0.25, -0.2) is 0 Å². The number of piperidine rings is 1. The third-order valence-electron chi connectivity index (χ3n) is 9.19. The van der Waals surface area contributed by atoms with E-state index in [1.54, 1.807) is 0 Å². The predicted octanol–water partition coefficient (Wildman–Crippen LogP) is 7.90. The Kier molecular flexibility index (Phi) is 11.1. The molecule has 1 fully saturated rings. The van der Waals surface area contributed by atoms with Crippen molar-refractivity contribution in [1.82, 2.24) is 4.90 Å². The normalized spacial score (nSPS) is 18.2. The van der Waals surface area contributed by atoms with Gasteiger partial charge in [0.2, 0.25) is 0 Å². The van der Waals surface area contributed by atoms with Crippen LogP contribution in [-0.2, 0) is 6.42 Å². The fourth-order valence-corrected chi connectivity index (χ4v) is 12.0. The van der Waals surface area contributed by atoms with E-state index in [0.29, 0.717) is 16.6 Å². The lowest BCUT2D eigenvalue weighted by molar-refractivity contribution is -0.0518. The number of aliphatic hydroxyl groups is 2. The number of aliphatic hydroxyl groups excluding tert-OH is 1. The Labute approximate surface area is 233 Å². The number of benzene rings is 2. The van der Waals surface area contributed by atoms with Gasteiger partial charge in [-0.15, -0.1) is 0 Å². The lowest BCUT2D eigenvalue weighted by atomic mass is 9.85. The number of likely N-dealkylation sites (tertiary alicyclic amines) is 1. The van der Waals surface area contributed by atoms with Crippen molar-refractivity contribution in [3.8, 4) is 5.75 Å². The molecule has 0 spiro atoms. The van der Waals surface area contributed by atoms with Gasteiger partial charge in [-0.2, -0.15) is 0 Å². The standard InChI is InChI=1S/C33H53NO3Si/c1-25(2)38(26(3)4,27(5)6)37-31-18-16-30(17-19-31)32(35)28(7)34-23-21-33(36,22-24-34)20-12-11-15-29-13-9-8-10-14-29/h8-10,13-14,16-19,25-28,32,35-36H,11-12,15,20-24H2,1-7H3/t28-,32+/m0/s1. The van der Waals surface area contributed by atoms with E-state index in [1.165, 1.54) is 5.56 Å². The van der Waals surface area contributed by atoms with Crippen LogP contribution in [0.4, 0.5) is 0 Å². The second-order valence-electron chi connectivity index (χ2n) is 12.6. The molecule has 2 N–H and O–H groups in total. The molecule has 212 valence electrons. The smallest absolute Gasteiger partial charge is 0.258 e. The first-order valence-corrected chi connectivity index (χ1v) is 17.1. The van der Waals surface area contributed by atoms with Crippen molar-refractivity contribution in [2.45, 2.75) is 121 Å². The maximum Gasteiger partial charge on any atom is 0.258 e. The van der Waals surface area contributed by atoms with Gasteiger partial charge in [0.05, 0.1) is 11.7 Å². The molecule has 38 heavy (non-hydrogen) atoms. The molecule has 2 aromatic rings. The number of rotatable bonds is 13. The zero-order chi connectivity index (χ0) is 27.9. The largest absolute Gasteiger partial charge is 0.543 e. The van der Waals surface area contributed by atoms with E-state index in [1.807, 2.05) is 24.3 Å². The molecule has 0 unspecified atom stereocenters. The second-order valence-corrected chi connectivity index (χ2v) is 18.0. The van der Waals surface area contributed by atoms with Crippen LogP contribution in [-0.4, -0.2) is 48.2 Å². The monoisotopic (exact) mass is 539 g/mol. The lowest BCUT2D eigenvalue weighted by Crippen LogP contribution is -2.50. The van der Waals surface area contributed by atoms with Crippen molar-refractivity contribution in [2.75, 3.05) is 13.1 Å². The van der Waals surface area contributed by atoms with Gasteiger partial charge in [-0.05, 0) is 78.9 Å². The summed E-state index contributed by atoms with van der Waals surface area (Å²) in [5.74, 6) is 0.923. The third-order valence-corrected chi connectivity index (χ3v) is 15.2. The van der Waals surface area contributed by atoms with E-state index >= 15 is 0 Å². The highest BCUT2D eigenvalue weighted by molar-refractivity contribution is 6.78. The van der Waals surface area contributed by atoms with Gasteiger partial charge in [-0.1, -0.05) is 90.4 Å². The number of aryl methyl sites for hydroxylation is 1. The molecular formula is C33H53NO3Si. The van der Waals surface area contributed by atoms with Gasteiger partial charge >= 0.3 is 0 Å². The van der Waals surface area contributed by atoms with Crippen molar-refractivity contribution in [1.29, 1.82) is 0 Å². The molecule has 1 aliphatic rings. The summed E-state index contributed by atoms with van der Waals surface area (Å²) in [7, 11) is -2.00. The summed E-state index contributed by atoms with van der Waals surface area (Å²) < 4.78 is 6.81. The number of unbranched alkanes of at least 4 members (excludes halogenated alkanes) is 1. The third kappa shape index (κ3) is 7.50. The van der Waals surface area contributed by atoms with Crippen molar-refractivity contribution in [3.63, 3.8) is 0 Å². The van der Waals surface area contributed by atoms with E-state index in [0.717, 1.165) is 62.9 Å². The highest BCUT2D eigenvalue weighted by Gasteiger charge is 2.47. The predicted molar refractivity (Wildman–Crippen MR) is 162 cm³/mol. The van der Waals surface area contributed by atoms with Gasteiger partial charge in [-0.3, -0.25) is 4.90 Å². The molecule has 0 aliphatic carbocycles. The van der Waals surface area contributed by atoms with Crippen molar-refractivity contribution in [2.24, 2.45) is 0 Å². The quantitative estimate of drug-likeness (QED) is 0.201. The van der Waals surface area contributed by atoms with Crippen LogP contribution in [0.25, 0.3) is 0 Å². The average Bonchev–Trinajstić information content (AvgIpc) is 2.90. The molecule has 2 aromatic carbocycles. The minimum atomic E-state index is -2.00. The van der Waals surface area contributed by atoms with Crippen LogP contribution in [0.2, 0.25) is 16.6 Å². The number of nitrogens with zero attached hydrogens (tertiary/aromatic N) is 1. The molecule has 0 saturated carbocycles. The molecule has 0 amide bonds. The highest BCUT2D eigenvalue weighted by Crippen LogP contribution is 2.43. The molecule has 0 aromatic heterocycles. The Morgan fingerprint density at radius 1 is 0.816 bits per heavy atom. The molecule has 4 nitrogen and oxygen atoms in total. The fraction of sp³-hybridized carbons (Fsp3) is 0.636. The Hall–Kier alpha value is -1.66. The minimum absolute atomic E-state index is 0.000133. The summed E-state index contributed by atoms with van der Waals surface area (Å²) in [4.78, 5) is 2.34. The summed E-state index contributed by atoms with van der Waals surface area (Å²) in [6, 6.07) is 18.8. The molecule has 1 aliphatic heterocycles. The van der Waals surface area contributed by atoms with Crippen molar-refractivity contribution < 1.29 is 14.6 Å². The SMILES string of the molecule is CC(C)[Si](Oc1ccc([C@H](O)[C@H](C)N2CCC(O)(CCCCc3ccccc3)CC2)cc1)(C(C)C)C(C)C. The highest BCUT2D eigenvalue weighted by atomic mass is 28.4. The Balaban J connectivity index is 1.51. The van der Waals surface area contributed by atoms with Crippen LogP contribution in [0.1, 0.15) is 97.8 Å². The molecule has 1 saturated heterocycles. The fourth-order valence-electron chi connectivity index (χ4n) is 6.79. The Bertz CT molecular complexity index is 930. The lowest BCUT2D eigenvalue weighted by Gasteiger charge is -2.42. The Morgan fingerprint density at radius 3 is 1.89 bits per heavy atom. The van der Waals surface area contributed by atoms with E-state index in [-0.39, 0.29) is 6.04 Å². The van der Waals surface area contributed by atoms with E-state index in [2.05, 4.69) is 83.7 Å². The summed E-state index contributed by atoms with van der Waals surface area (Å²) >= 11 is 0. The second kappa shape index (κ2) is 13.6. The molecule has 5 heteroatoms. The van der Waals surface area contributed by atoms with Crippen LogP contribution in [0.5, 0.6) is 5.75 Å². The van der Waals surface area contributed by atoms with Gasteiger partial charge < -0.3 is 14.6 Å². The van der Waals surface area contributed by atoms with Gasteiger partial charge in [0, 0.05) is 19.1 Å². The van der Waals surface area contributed by atoms with Crippen LogP contribution in [0.15, 0.2) is 54.6 Å². The first kappa shape index (κ1) is 30.9. The first-order valence-electron chi connectivity index (χ1n) is 15.0. The van der Waals surface area contributed by atoms with Crippen LogP contribution >= 0.6 is 0 Å². The van der Waals surface area contributed by atoms with Crippen LogP contribution in [0.3, 0.4) is 0 Å². The Morgan fingerprint density at radius 2 is 1.37 bits per heavy atom. The number of hydrogen-bond acceptors (Lipinski definition) is 4. The van der Waals surface area contributed by atoms with Gasteiger partial charge in [0.1, 0.15) is 5.75 Å². The topological polar surface area (TPSA) is 52.9 Å².